The topological polar surface area (TPSA) is 111 Å². The van der Waals surface area contributed by atoms with Gasteiger partial charge in [0.1, 0.15) is 10.8 Å². The molecule has 3 amide bonds. The number of nitrogens with two attached hydrogens (primary N) is 1. The maximum atomic E-state index is 12.9. The molecule has 1 aliphatic carbocycles. The first-order valence-electron chi connectivity index (χ1n) is 11.3. The van der Waals surface area contributed by atoms with Crippen molar-refractivity contribution in [3.8, 4) is 5.75 Å². The number of primary amides is 1. The fraction of sp³-hybridized carbons (Fsp3) is 0.269. The van der Waals surface area contributed by atoms with Crippen LogP contribution in [0.4, 0.5) is 10.7 Å². The number of thiophene rings is 1. The zero-order chi connectivity index (χ0) is 25.1. The van der Waals surface area contributed by atoms with Crippen molar-refractivity contribution in [2.45, 2.75) is 39.2 Å². The molecule has 1 heterocycles. The van der Waals surface area contributed by atoms with Gasteiger partial charge < -0.3 is 21.1 Å². The van der Waals surface area contributed by atoms with Crippen LogP contribution in [0.2, 0.25) is 0 Å². The molecule has 4 N–H and O–H groups in total. The third-order valence-corrected chi connectivity index (χ3v) is 7.59. The van der Waals surface area contributed by atoms with Crippen LogP contribution in [0.1, 0.15) is 51.4 Å². The average molecular weight is 556 g/mol. The van der Waals surface area contributed by atoms with Gasteiger partial charge in [0.15, 0.2) is 6.10 Å². The van der Waals surface area contributed by atoms with Gasteiger partial charge in [-0.1, -0.05) is 22.9 Å². The summed E-state index contributed by atoms with van der Waals surface area (Å²) in [4.78, 5) is 38.5. The summed E-state index contributed by atoms with van der Waals surface area (Å²) in [6.45, 7) is 3.83. The van der Waals surface area contributed by atoms with E-state index in [0.29, 0.717) is 33.5 Å². The zero-order valence-electron chi connectivity index (χ0n) is 19.4. The van der Waals surface area contributed by atoms with Crippen LogP contribution >= 0.6 is 27.3 Å². The standard InChI is InChI=1S/C26H26BrN3O4S/c1-14-3-12-20-21(13-14)35-26(22(20)23(28)31)30-25(33)16-4-10-19(11-5-16)34-15(2)24(32)29-18-8-6-17(27)7-9-18/h4-11,14-15H,3,12-13H2,1-2H3,(H2,28,31)(H,29,32)(H,30,33)/t14-,15-/m1/s1. The highest BCUT2D eigenvalue weighted by Crippen LogP contribution is 2.39. The Bertz CT molecular complexity index is 1250. The summed E-state index contributed by atoms with van der Waals surface area (Å²) in [5.41, 5.74) is 8.11. The second-order valence-electron chi connectivity index (χ2n) is 8.65. The van der Waals surface area contributed by atoms with Crippen molar-refractivity contribution in [2.24, 2.45) is 11.7 Å². The Morgan fingerprint density at radius 2 is 1.77 bits per heavy atom. The highest BCUT2D eigenvalue weighted by atomic mass is 79.9. The molecule has 182 valence electrons. The largest absolute Gasteiger partial charge is 0.481 e. The minimum absolute atomic E-state index is 0.288. The number of rotatable bonds is 7. The van der Waals surface area contributed by atoms with E-state index in [2.05, 4.69) is 33.5 Å². The normalized spacial score (nSPS) is 15.6. The number of amides is 3. The second-order valence-corrected chi connectivity index (χ2v) is 10.7. The maximum Gasteiger partial charge on any atom is 0.265 e. The summed E-state index contributed by atoms with van der Waals surface area (Å²) in [6.07, 6.45) is 1.94. The van der Waals surface area contributed by atoms with Gasteiger partial charge in [0.05, 0.1) is 5.56 Å². The van der Waals surface area contributed by atoms with Gasteiger partial charge in [-0.3, -0.25) is 14.4 Å². The first-order chi connectivity index (χ1) is 16.7. The fourth-order valence-corrected chi connectivity index (χ4v) is 5.67. The van der Waals surface area contributed by atoms with Gasteiger partial charge in [-0.15, -0.1) is 11.3 Å². The molecule has 0 saturated carbocycles. The SMILES string of the molecule is C[C@@H]1CCc2c(sc(NC(=O)c3ccc(O[C@H](C)C(=O)Nc4ccc(Br)cc4)cc3)c2C(N)=O)C1. The van der Waals surface area contributed by atoms with Gasteiger partial charge in [0.25, 0.3) is 17.7 Å². The van der Waals surface area contributed by atoms with E-state index in [-0.39, 0.29) is 11.8 Å². The van der Waals surface area contributed by atoms with Crippen LogP contribution in [0.5, 0.6) is 5.75 Å². The van der Waals surface area contributed by atoms with E-state index in [4.69, 9.17) is 10.5 Å². The highest BCUT2D eigenvalue weighted by molar-refractivity contribution is 9.10. The van der Waals surface area contributed by atoms with E-state index in [9.17, 15) is 14.4 Å². The average Bonchev–Trinajstić information content (AvgIpc) is 3.17. The summed E-state index contributed by atoms with van der Waals surface area (Å²) in [5, 5.41) is 6.16. The van der Waals surface area contributed by atoms with Gasteiger partial charge in [-0.2, -0.15) is 0 Å². The first kappa shape index (κ1) is 24.9. The first-order valence-corrected chi connectivity index (χ1v) is 12.9. The molecule has 9 heteroatoms. The third-order valence-electron chi connectivity index (χ3n) is 5.90. The van der Waals surface area contributed by atoms with Crippen LogP contribution in [0.3, 0.4) is 0 Å². The number of carbonyl (C=O) groups is 3. The van der Waals surface area contributed by atoms with E-state index in [0.717, 1.165) is 34.2 Å². The van der Waals surface area contributed by atoms with Crippen LogP contribution in [-0.2, 0) is 17.6 Å². The van der Waals surface area contributed by atoms with Crippen LogP contribution in [0.15, 0.2) is 53.0 Å². The summed E-state index contributed by atoms with van der Waals surface area (Å²) >= 11 is 4.79. The lowest BCUT2D eigenvalue weighted by Crippen LogP contribution is -2.30. The predicted molar refractivity (Wildman–Crippen MR) is 141 cm³/mol. The van der Waals surface area contributed by atoms with Crippen LogP contribution < -0.4 is 21.1 Å². The number of ether oxygens (including phenoxy) is 1. The van der Waals surface area contributed by atoms with Crippen molar-refractivity contribution in [3.63, 3.8) is 0 Å². The molecule has 0 saturated heterocycles. The molecule has 0 unspecified atom stereocenters. The molecule has 3 aromatic rings. The Morgan fingerprint density at radius 1 is 1.09 bits per heavy atom. The van der Waals surface area contributed by atoms with E-state index in [1.165, 1.54) is 11.3 Å². The maximum absolute atomic E-state index is 12.9. The number of fused-ring (bicyclic) bond motifs is 1. The molecule has 0 spiro atoms. The lowest BCUT2D eigenvalue weighted by molar-refractivity contribution is -0.122. The Hall–Kier alpha value is -3.17. The highest BCUT2D eigenvalue weighted by Gasteiger charge is 2.27. The van der Waals surface area contributed by atoms with Gasteiger partial charge in [-0.25, -0.2) is 0 Å². The molecule has 7 nitrogen and oxygen atoms in total. The number of hydrogen-bond acceptors (Lipinski definition) is 5. The summed E-state index contributed by atoms with van der Waals surface area (Å²) in [7, 11) is 0. The molecule has 1 aliphatic rings. The molecule has 0 bridgehead atoms. The van der Waals surface area contributed by atoms with E-state index < -0.39 is 12.0 Å². The van der Waals surface area contributed by atoms with Crippen molar-refractivity contribution in [3.05, 3.63) is 74.6 Å². The van der Waals surface area contributed by atoms with Gasteiger partial charge in [0.2, 0.25) is 0 Å². The predicted octanol–water partition coefficient (Wildman–Crippen LogP) is 5.39. The molecule has 4 rings (SSSR count). The summed E-state index contributed by atoms with van der Waals surface area (Å²) in [6, 6.07) is 13.7. The smallest absolute Gasteiger partial charge is 0.265 e. The Morgan fingerprint density at radius 3 is 2.43 bits per heavy atom. The van der Waals surface area contributed by atoms with Crippen molar-refractivity contribution in [1.82, 2.24) is 0 Å². The molecule has 35 heavy (non-hydrogen) atoms. The van der Waals surface area contributed by atoms with Crippen molar-refractivity contribution < 1.29 is 19.1 Å². The lowest BCUT2D eigenvalue weighted by atomic mass is 9.88. The minimum atomic E-state index is -0.740. The molecule has 0 fully saturated rings. The minimum Gasteiger partial charge on any atom is -0.481 e. The van der Waals surface area contributed by atoms with Gasteiger partial charge in [-0.05, 0) is 86.2 Å². The van der Waals surface area contributed by atoms with Gasteiger partial charge in [0, 0.05) is 20.6 Å². The second kappa shape index (κ2) is 10.6. The number of benzene rings is 2. The zero-order valence-corrected chi connectivity index (χ0v) is 21.8. The Balaban J connectivity index is 1.40. The monoisotopic (exact) mass is 555 g/mol. The van der Waals surface area contributed by atoms with Crippen LogP contribution in [-0.4, -0.2) is 23.8 Å². The molecular weight excluding hydrogens is 530 g/mol. The molecule has 0 aliphatic heterocycles. The Kier molecular flexibility index (Phi) is 7.57. The van der Waals surface area contributed by atoms with Crippen molar-refractivity contribution in [1.29, 1.82) is 0 Å². The number of halogens is 1. The number of carbonyl (C=O) groups excluding carboxylic acids is 3. The number of hydrogen-bond donors (Lipinski definition) is 3. The van der Waals surface area contributed by atoms with Crippen molar-refractivity contribution >= 4 is 55.7 Å². The summed E-state index contributed by atoms with van der Waals surface area (Å²) < 4.78 is 6.65. The molecule has 0 radical (unpaired) electrons. The Labute approximate surface area is 216 Å². The van der Waals surface area contributed by atoms with E-state index in [1.54, 1.807) is 43.3 Å². The van der Waals surface area contributed by atoms with E-state index in [1.807, 2.05) is 12.1 Å². The van der Waals surface area contributed by atoms with Crippen LogP contribution in [0, 0.1) is 5.92 Å². The number of nitrogens with one attached hydrogen (secondary N) is 2. The molecule has 2 atom stereocenters. The molecular formula is C26H26BrN3O4S. The van der Waals surface area contributed by atoms with Crippen molar-refractivity contribution in [2.75, 3.05) is 10.6 Å². The third kappa shape index (κ3) is 5.91. The molecule has 2 aromatic carbocycles. The number of anilines is 2. The summed E-state index contributed by atoms with van der Waals surface area (Å²) in [5.74, 6) is -0.155. The van der Waals surface area contributed by atoms with E-state index >= 15 is 0 Å². The quantitative estimate of drug-likeness (QED) is 0.362. The van der Waals surface area contributed by atoms with Crippen LogP contribution in [0.25, 0.3) is 0 Å². The fourth-order valence-electron chi connectivity index (χ4n) is 3.99. The molecule has 1 aromatic heterocycles. The lowest BCUT2D eigenvalue weighted by Gasteiger charge is -2.18. The van der Waals surface area contributed by atoms with Gasteiger partial charge >= 0.3 is 0 Å².